The van der Waals surface area contributed by atoms with Gasteiger partial charge >= 0.3 is 0 Å². The van der Waals surface area contributed by atoms with E-state index in [-0.39, 0.29) is 5.43 Å². The van der Waals surface area contributed by atoms with E-state index in [4.69, 9.17) is 9.15 Å². The predicted molar refractivity (Wildman–Crippen MR) is 96.7 cm³/mol. The Morgan fingerprint density at radius 3 is 2.61 bits per heavy atom. The summed E-state index contributed by atoms with van der Waals surface area (Å²) in [5, 5.41) is 0. The monoisotopic (exact) mass is 344 g/mol. The van der Waals surface area contributed by atoms with Gasteiger partial charge in [-0.25, -0.2) is 0 Å². The maximum atomic E-state index is 12.7. The minimum Gasteiger partial charge on any atom is -0.497 e. The highest BCUT2D eigenvalue weighted by Gasteiger charge is 2.15. The van der Waals surface area contributed by atoms with Crippen molar-refractivity contribution in [2.45, 2.75) is 11.1 Å². The van der Waals surface area contributed by atoms with Gasteiger partial charge in [-0.05, 0) is 35.6 Å². The molecule has 23 heavy (non-hydrogen) atoms. The molecule has 0 fully saturated rings. The Morgan fingerprint density at radius 1 is 1.22 bits per heavy atom. The third-order valence-corrected chi connectivity index (χ3v) is 5.62. The molecule has 0 amide bonds. The molecule has 0 saturated heterocycles. The van der Waals surface area contributed by atoms with Gasteiger partial charge in [0.15, 0.2) is 5.43 Å². The third-order valence-electron chi connectivity index (χ3n) is 3.33. The van der Waals surface area contributed by atoms with Crippen LogP contribution in [0.1, 0.15) is 6.92 Å². The fourth-order valence-corrected chi connectivity index (χ4v) is 4.65. The minimum atomic E-state index is 0.0104. The summed E-state index contributed by atoms with van der Waals surface area (Å²) >= 11 is 3.27. The van der Waals surface area contributed by atoms with Crippen molar-refractivity contribution < 1.29 is 9.15 Å². The molecule has 0 saturated carbocycles. The molecule has 3 rings (SSSR count). The number of hydrogen-bond donors (Lipinski definition) is 0. The van der Waals surface area contributed by atoms with Crippen LogP contribution in [0, 0.1) is 0 Å². The Balaban J connectivity index is 2.13. The van der Waals surface area contributed by atoms with Crippen LogP contribution in [0.15, 0.2) is 62.1 Å². The van der Waals surface area contributed by atoms with Crippen LogP contribution in [0.5, 0.6) is 5.75 Å². The van der Waals surface area contributed by atoms with Gasteiger partial charge in [0.05, 0.1) is 28.0 Å². The largest absolute Gasteiger partial charge is 0.497 e. The van der Waals surface area contributed by atoms with Gasteiger partial charge in [-0.2, -0.15) is 0 Å². The van der Waals surface area contributed by atoms with Crippen LogP contribution >= 0.6 is 23.1 Å². The molecule has 0 radical (unpaired) electrons. The second-order valence-corrected chi connectivity index (χ2v) is 7.36. The Bertz CT molecular complexity index is 834. The molecule has 2 aromatic heterocycles. The Morgan fingerprint density at radius 2 is 2.00 bits per heavy atom. The number of ether oxygens (including phenoxy) is 1. The number of furan rings is 1. The lowest BCUT2D eigenvalue weighted by Gasteiger charge is -2.09. The van der Waals surface area contributed by atoms with Crippen LogP contribution in [0.25, 0.3) is 21.8 Å². The number of hydrogen-bond acceptors (Lipinski definition) is 5. The number of rotatable bonds is 5. The van der Waals surface area contributed by atoms with Crippen LogP contribution in [-0.2, 0) is 0 Å². The molecule has 0 bridgehead atoms. The minimum absolute atomic E-state index is 0.0104. The van der Waals surface area contributed by atoms with Gasteiger partial charge < -0.3 is 9.15 Å². The summed E-state index contributed by atoms with van der Waals surface area (Å²) in [5.74, 6) is 2.41. The zero-order valence-electron chi connectivity index (χ0n) is 12.9. The van der Waals surface area contributed by atoms with Crippen LogP contribution in [-0.4, -0.2) is 12.9 Å². The van der Waals surface area contributed by atoms with Gasteiger partial charge in [-0.1, -0.05) is 19.1 Å². The first-order chi connectivity index (χ1) is 11.2. The molecule has 0 spiro atoms. The predicted octanol–water partition coefficient (Wildman–Crippen LogP) is 5.16. The second kappa shape index (κ2) is 7.06. The van der Waals surface area contributed by atoms with E-state index in [0.29, 0.717) is 0 Å². The third kappa shape index (κ3) is 3.35. The first-order valence-electron chi connectivity index (χ1n) is 7.22. The lowest BCUT2D eigenvalue weighted by Crippen LogP contribution is -2.04. The SMILES string of the molecule is CCSc1sc(-c2ccco2)cc(=O)c1-c1ccc(OC)cc1. The smallest absolute Gasteiger partial charge is 0.189 e. The summed E-state index contributed by atoms with van der Waals surface area (Å²) in [7, 11) is 1.63. The van der Waals surface area contributed by atoms with Crippen molar-refractivity contribution in [1.29, 1.82) is 0 Å². The Hall–Kier alpha value is -1.98. The summed E-state index contributed by atoms with van der Waals surface area (Å²) in [5.41, 5.74) is 1.67. The zero-order valence-corrected chi connectivity index (χ0v) is 14.5. The molecule has 1 aromatic carbocycles. The Labute approximate surface area is 142 Å². The molecule has 2 heterocycles. The van der Waals surface area contributed by atoms with Crippen molar-refractivity contribution in [3.63, 3.8) is 0 Å². The van der Waals surface area contributed by atoms with Gasteiger partial charge in [-0.15, -0.1) is 23.1 Å². The van der Waals surface area contributed by atoms with Crippen LogP contribution < -0.4 is 10.2 Å². The lowest BCUT2D eigenvalue weighted by atomic mass is 10.1. The van der Waals surface area contributed by atoms with E-state index in [0.717, 1.165) is 37.5 Å². The summed E-state index contributed by atoms with van der Waals surface area (Å²) in [6.45, 7) is 2.08. The fourth-order valence-electron chi connectivity index (χ4n) is 2.26. The maximum absolute atomic E-state index is 12.7. The molecule has 0 atom stereocenters. The lowest BCUT2D eigenvalue weighted by molar-refractivity contribution is 0.415. The molecule has 0 aliphatic carbocycles. The standard InChI is InChI=1S/C18H16O3S2/c1-3-22-18-17(12-6-8-13(20-2)9-7-12)14(19)11-16(23-18)15-5-4-10-21-15/h4-11H,3H2,1-2H3. The molecule has 3 aromatic rings. The number of benzene rings is 1. The molecule has 0 aliphatic heterocycles. The van der Waals surface area contributed by atoms with E-state index in [1.807, 2.05) is 36.4 Å². The molecule has 5 heteroatoms. The van der Waals surface area contributed by atoms with Crippen LogP contribution in [0.4, 0.5) is 0 Å². The van der Waals surface area contributed by atoms with E-state index >= 15 is 0 Å². The van der Waals surface area contributed by atoms with Crippen LogP contribution in [0.3, 0.4) is 0 Å². The van der Waals surface area contributed by atoms with Gasteiger partial charge in [0.1, 0.15) is 11.5 Å². The zero-order chi connectivity index (χ0) is 16.2. The summed E-state index contributed by atoms with van der Waals surface area (Å²) in [4.78, 5) is 13.6. The van der Waals surface area contributed by atoms with E-state index in [1.54, 1.807) is 42.5 Å². The highest BCUT2D eigenvalue weighted by molar-refractivity contribution is 8.01. The van der Waals surface area contributed by atoms with Gasteiger partial charge in [0.25, 0.3) is 0 Å². The quantitative estimate of drug-likeness (QED) is 0.600. The average Bonchev–Trinajstić information content (AvgIpc) is 3.10. The second-order valence-electron chi connectivity index (χ2n) is 4.78. The van der Waals surface area contributed by atoms with Gasteiger partial charge in [0.2, 0.25) is 0 Å². The Kier molecular flexibility index (Phi) is 4.88. The normalized spacial score (nSPS) is 10.7. The number of thioether (sulfide) groups is 1. The molecule has 3 nitrogen and oxygen atoms in total. The molecule has 0 unspecified atom stereocenters. The van der Waals surface area contributed by atoms with E-state index in [2.05, 4.69) is 6.92 Å². The van der Waals surface area contributed by atoms with Crippen molar-refractivity contribution >= 4 is 23.1 Å². The van der Waals surface area contributed by atoms with Gasteiger partial charge in [0, 0.05) is 6.07 Å². The van der Waals surface area contributed by atoms with Gasteiger partial charge in [-0.3, -0.25) is 4.79 Å². The summed E-state index contributed by atoms with van der Waals surface area (Å²) < 4.78 is 11.6. The first kappa shape index (κ1) is 15.9. The van der Waals surface area contributed by atoms with E-state index in [9.17, 15) is 4.79 Å². The summed E-state index contributed by atoms with van der Waals surface area (Å²) in [6.07, 6.45) is 1.62. The van der Waals surface area contributed by atoms with E-state index < -0.39 is 0 Å². The average molecular weight is 344 g/mol. The molecule has 0 N–H and O–H groups in total. The first-order valence-corrected chi connectivity index (χ1v) is 9.02. The number of methoxy groups -OCH3 is 1. The summed E-state index contributed by atoms with van der Waals surface area (Å²) in [6, 6.07) is 13.0. The highest BCUT2D eigenvalue weighted by atomic mass is 32.2. The fraction of sp³-hybridized carbons (Fsp3) is 0.167. The van der Waals surface area contributed by atoms with Crippen molar-refractivity contribution in [1.82, 2.24) is 0 Å². The van der Waals surface area contributed by atoms with Crippen molar-refractivity contribution in [3.05, 3.63) is 59.0 Å². The van der Waals surface area contributed by atoms with Crippen LogP contribution in [0.2, 0.25) is 0 Å². The van der Waals surface area contributed by atoms with Crippen molar-refractivity contribution in [3.8, 4) is 27.5 Å². The topological polar surface area (TPSA) is 39.4 Å². The molecule has 118 valence electrons. The maximum Gasteiger partial charge on any atom is 0.189 e. The molecular weight excluding hydrogens is 328 g/mol. The molecular formula is C18H16O3S2. The van der Waals surface area contributed by atoms with Crippen molar-refractivity contribution in [2.75, 3.05) is 12.9 Å². The van der Waals surface area contributed by atoms with Crippen molar-refractivity contribution in [2.24, 2.45) is 0 Å². The van der Waals surface area contributed by atoms with E-state index in [1.165, 1.54) is 0 Å². The highest BCUT2D eigenvalue weighted by Crippen LogP contribution is 2.37. The molecule has 0 aliphatic rings.